The quantitative estimate of drug-likeness (QED) is 0.697. The Morgan fingerprint density at radius 2 is 2.11 bits per heavy atom. The van der Waals surface area contributed by atoms with Gasteiger partial charge in [0.05, 0.1) is 23.0 Å². The molecule has 6 nitrogen and oxygen atoms in total. The maximum Gasteiger partial charge on any atom is 0.340 e. The number of hydrogen-bond donors (Lipinski definition) is 3. The van der Waals surface area contributed by atoms with Crippen molar-refractivity contribution in [3.63, 3.8) is 0 Å². The van der Waals surface area contributed by atoms with Crippen LogP contribution in [0.3, 0.4) is 0 Å². The lowest BCUT2D eigenvalue weighted by atomic mass is 9.84. The van der Waals surface area contributed by atoms with Gasteiger partial charge in [0.2, 0.25) is 0 Å². The molecule has 3 aliphatic rings. The molecule has 2 aliphatic heterocycles. The molecule has 0 saturated carbocycles. The van der Waals surface area contributed by atoms with Gasteiger partial charge in [-0.05, 0) is 48.3 Å². The number of rotatable bonds is 3. The van der Waals surface area contributed by atoms with Crippen LogP contribution >= 0.6 is 0 Å². The van der Waals surface area contributed by atoms with E-state index in [4.69, 9.17) is 4.74 Å². The van der Waals surface area contributed by atoms with Crippen LogP contribution < -0.4 is 10.9 Å². The Labute approximate surface area is 161 Å². The molecule has 4 rings (SSSR count). The first-order valence-electron chi connectivity index (χ1n) is 9.28. The minimum atomic E-state index is -1.49. The number of aromatic nitrogens is 1. The molecule has 0 fully saturated rings. The van der Waals surface area contributed by atoms with E-state index < -0.39 is 17.6 Å². The Morgan fingerprint density at radius 3 is 2.86 bits per heavy atom. The number of allylic oxidation sites excluding steroid dienone is 4. The van der Waals surface area contributed by atoms with E-state index in [2.05, 4.69) is 17.2 Å². The predicted molar refractivity (Wildman–Crippen MR) is 102 cm³/mol. The van der Waals surface area contributed by atoms with Crippen molar-refractivity contribution in [1.82, 2.24) is 10.3 Å². The molecule has 1 aromatic heterocycles. The molecule has 3 N–H and O–H groups in total. The van der Waals surface area contributed by atoms with Crippen LogP contribution in [0.2, 0.25) is 0 Å². The summed E-state index contributed by atoms with van der Waals surface area (Å²) in [7, 11) is 0. The second-order valence-electron chi connectivity index (χ2n) is 7.15. The lowest BCUT2D eigenvalue weighted by Gasteiger charge is -2.31. The van der Waals surface area contributed by atoms with Crippen LogP contribution in [0.4, 0.5) is 4.39 Å². The average molecular weight is 384 g/mol. The van der Waals surface area contributed by atoms with Crippen molar-refractivity contribution in [3.8, 4) is 0 Å². The smallest absolute Gasteiger partial charge is 0.340 e. The van der Waals surface area contributed by atoms with Gasteiger partial charge in [0.1, 0.15) is 12.4 Å². The van der Waals surface area contributed by atoms with Gasteiger partial charge in [0.15, 0.2) is 6.10 Å². The summed E-state index contributed by atoms with van der Waals surface area (Å²) in [6.45, 7) is 3.67. The van der Waals surface area contributed by atoms with Gasteiger partial charge in [-0.3, -0.25) is 4.79 Å². The molecule has 0 aromatic carbocycles. The number of fused-ring (bicyclic) bond motifs is 2. The highest BCUT2D eigenvalue weighted by Gasteiger charge is 2.31. The molecule has 1 aromatic rings. The van der Waals surface area contributed by atoms with E-state index in [1.165, 1.54) is 6.08 Å². The number of dihydropyridines is 1. The first-order chi connectivity index (χ1) is 13.4. The zero-order chi connectivity index (χ0) is 20.0. The van der Waals surface area contributed by atoms with Crippen molar-refractivity contribution in [3.05, 3.63) is 74.0 Å². The number of carbonyl (C=O) groups is 1. The zero-order valence-corrected chi connectivity index (χ0v) is 15.6. The number of aliphatic hydroxyl groups excluding tert-OH is 1. The zero-order valence-electron chi connectivity index (χ0n) is 15.6. The van der Waals surface area contributed by atoms with Gasteiger partial charge in [0.25, 0.3) is 5.56 Å². The molecule has 0 radical (unpaired) electrons. The summed E-state index contributed by atoms with van der Waals surface area (Å²) in [4.78, 5) is 26.8. The number of halogens is 1. The number of hydrogen-bond acceptors (Lipinski definition) is 5. The largest absolute Gasteiger partial charge is 0.458 e. The number of aromatic amines is 1. The third kappa shape index (κ3) is 2.92. The van der Waals surface area contributed by atoms with E-state index in [9.17, 15) is 19.1 Å². The number of H-pyrrole nitrogens is 1. The molecule has 1 aliphatic carbocycles. The SMILES string of the molecule is CCCC1=C(C)C(F)=C[C@@H]2NC(c3cc4c(c(=O)[nH]3)COC(=O)C4O)=CC=C12. The van der Waals surface area contributed by atoms with Crippen LogP contribution in [0.25, 0.3) is 5.70 Å². The maximum absolute atomic E-state index is 14.4. The molecule has 0 bridgehead atoms. The number of esters is 1. The van der Waals surface area contributed by atoms with Crippen molar-refractivity contribution in [2.45, 2.75) is 45.4 Å². The summed E-state index contributed by atoms with van der Waals surface area (Å²) in [5, 5.41) is 13.3. The topological polar surface area (TPSA) is 91.4 Å². The van der Waals surface area contributed by atoms with Crippen LogP contribution in [0.5, 0.6) is 0 Å². The predicted octanol–water partition coefficient (Wildman–Crippen LogP) is 2.69. The summed E-state index contributed by atoms with van der Waals surface area (Å²) in [6, 6.07) is 1.22. The molecule has 2 atom stereocenters. The lowest BCUT2D eigenvalue weighted by Crippen LogP contribution is -2.35. The fourth-order valence-electron chi connectivity index (χ4n) is 3.87. The molecule has 7 heteroatoms. The van der Waals surface area contributed by atoms with Crippen molar-refractivity contribution in [2.75, 3.05) is 0 Å². The van der Waals surface area contributed by atoms with Gasteiger partial charge in [-0.2, -0.15) is 0 Å². The van der Waals surface area contributed by atoms with E-state index in [0.717, 1.165) is 24.0 Å². The maximum atomic E-state index is 14.4. The lowest BCUT2D eigenvalue weighted by molar-refractivity contribution is -0.157. The summed E-state index contributed by atoms with van der Waals surface area (Å²) >= 11 is 0. The van der Waals surface area contributed by atoms with Crippen molar-refractivity contribution < 1.29 is 19.0 Å². The Bertz CT molecular complexity index is 1040. The normalized spacial score (nSPS) is 23.7. The minimum absolute atomic E-state index is 0.168. The molecule has 146 valence electrons. The molecule has 0 spiro atoms. The first-order valence-corrected chi connectivity index (χ1v) is 9.28. The summed E-state index contributed by atoms with van der Waals surface area (Å²) in [5.74, 6) is -1.03. The Morgan fingerprint density at radius 1 is 1.32 bits per heavy atom. The van der Waals surface area contributed by atoms with Crippen molar-refractivity contribution >= 4 is 11.7 Å². The average Bonchev–Trinajstić information content (AvgIpc) is 2.68. The fraction of sp³-hybridized carbons (Fsp3) is 0.333. The van der Waals surface area contributed by atoms with Gasteiger partial charge in [-0.1, -0.05) is 19.4 Å². The Kier molecular flexibility index (Phi) is 4.55. The van der Waals surface area contributed by atoms with Crippen LogP contribution in [0, 0.1) is 0 Å². The van der Waals surface area contributed by atoms with Crippen molar-refractivity contribution in [2.24, 2.45) is 0 Å². The number of nitrogens with one attached hydrogen (secondary N) is 2. The summed E-state index contributed by atoms with van der Waals surface area (Å²) < 4.78 is 19.2. The summed E-state index contributed by atoms with van der Waals surface area (Å²) in [6.07, 6.45) is 5.47. The second kappa shape index (κ2) is 6.91. The van der Waals surface area contributed by atoms with Gasteiger partial charge in [-0.25, -0.2) is 9.18 Å². The molecule has 0 amide bonds. The third-order valence-electron chi connectivity index (χ3n) is 5.39. The van der Waals surface area contributed by atoms with E-state index in [0.29, 0.717) is 17.0 Å². The van der Waals surface area contributed by atoms with Gasteiger partial charge < -0.3 is 20.1 Å². The first kappa shape index (κ1) is 18.4. The van der Waals surface area contributed by atoms with E-state index >= 15 is 0 Å². The van der Waals surface area contributed by atoms with E-state index in [1.807, 2.05) is 12.2 Å². The van der Waals surface area contributed by atoms with E-state index in [1.54, 1.807) is 13.0 Å². The number of ether oxygens (including phenoxy) is 1. The molecule has 28 heavy (non-hydrogen) atoms. The van der Waals surface area contributed by atoms with Crippen LogP contribution in [-0.2, 0) is 16.1 Å². The fourth-order valence-corrected chi connectivity index (χ4v) is 3.87. The Hall–Kier alpha value is -2.93. The van der Waals surface area contributed by atoms with Gasteiger partial charge in [0, 0.05) is 5.56 Å². The highest BCUT2D eigenvalue weighted by molar-refractivity contribution is 5.79. The number of carbonyl (C=O) groups excluding carboxylic acids is 1. The molecule has 1 unspecified atom stereocenters. The summed E-state index contributed by atoms with van der Waals surface area (Å²) in [5.41, 5.74) is 3.71. The monoisotopic (exact) mass is 384 g/mol. The van der Waals surface area contributed by atoms with Crippen LogP contribution in [-0.4, -0.2) is 22.1 Å². The minimum Gasteiger partial charge on any atom is -0.458 e. The number of pyridine rings is 1. The van der Waals surface area contributed by atoms with Gasteiger partial charge >= 0.3 is 5.97 Å². The van der Waals surface area contributed by atoms with Gasteiger partial charge in [-0.15, -0.1) is 0 Å². The number of cyclic esters (lactones) is 1. The third-order valence-corrected chi connectivity index (χ3v) is 5.39. The molecular formula is C21H21FN2O4. The highest BCUT2D eigenvalue weighted by Crippen LogP contribution is 2.36. The molecule has 3 heterocycles. The van der Waals surface area contributed by atoms with Crippen LogP contribution in [0.15, 0.2) is 51.6 Å². The Balaban J connectivity index is 1.76. The highest BCUT2D eigenvalue weighted by atomic mass is 19.1. The number of aliphatic hydroxyl groups is 1. The van der Waals surface area contributed by atoms with Crippen molar-refractivity contribution in [1.29, 1.82) is 0 Å². The van der Waals surface area contributed by atoms with E-state index in [-0.39, 0.29) is 29.6 Å². The molecule has 0 saturated heterocycles. The second-order valence-corrected chi connectivity index (χ2v) is 7.15. The molecular weight excluding hydrogens is 363 g/mol. The standard InChI is InChI=1S/C21H21FN2O4/c1-3-4-11-10(2)15(22)8-17-12(11)5-6-16(23-17)18-7-13-14(20(26)24-18)9-28-21(27)19(13)25/h5-8,17,19,23,25H,3-4,9H2,1-2H3,(H,24,26)/t17-,19?/m0/s1. The van der Waals surface area contributed by atoms with Crippen LogP contribution in [0.1, 0.15) is 49.6 Å².